The van der Waals surface area contributed by atoms with Gasteiger partial charge < -0.3 is 16.8 Å². The molecule has 0 fully saturated rings. The van der Waals surface area contributed by atoms with Crippen molar-refractivity contribution in [3.05, 3.63) is 35.4 Å². The van der Waals surface area contributed by atoms with E-state index in [0.29, 0.717) is 6.54 Å². The molecule has 0 atom stereocenters. The third-order valence-electron chi connectivity index (χ3n) is 3.65. The molecular weight excluding hydrogens is 246 g/mol. The minimum Gasteiger partial charge on any atom is -0.330 e. The van der Waals surface area contributed by atoms with Crippen molar-refractivity contribution in [3.8, 4) is 0 Å². The Bertz CT molecular complexity index is 322. The van der Waals surface area contributed by atoms with Crippen LogP contribution in [0.25, 0.3) is 0 Å². The van der Waals surface area contributed by atoms with Gasteiger partial charge in [-0.3, -0.25) is 0 Å². The molecule has 3 heteroatoms. The van der Waals surface area contributed by atoms with Crippen LogP contribution in [0.5, 0.6) is 0 Å². The molecule has 0 aliphatic rings. The summed E-state index contributed by atoms with van der Waals surface area (Å²) < 4.78 is 0. The lowest BCUT2D eigenvalue weighted by Gasteiger charge is -2.06. The molecule has 20 heavy (non-hydrogen) atoms. The highest BCUT2D eigenvalue weighted by molar-refractivity contribution is 5.22. The van der Waals surface area contributed by atoms with Gasteiger partial charge in [0.05, 0.1) is 0 Å². The minimum absolute atomic E-state index is 0.624. The molecule has 0 radical (unpaired) electrons. The second-order valence-corrected chi connectivity index (χ2v) is 5.46. The molecule has 0 saturated carbocycles. The molecule has 0 bridgehead atoms. The lowest BCUT2D eigenvalue weighted by molar-refractivity contribution is 0.558. The minimum atomic E-state index is 0.624. The van der Waals surface area contributed by atoms with Crippen LogP contribution in [-0.4, -0.2) is 13.1 Å². The summed E-state index contributed by atoms with van der Waals surface area (Å²) in [5, 5.41) is 3.50. The molecule has 0 aromatic heterocycles. The summed E-state index contributed by atoms with van der Waals surface area (Å²) in [7, 11) is 0. The fraction of sp³-hybridized carbons (Fsp3) is 0.647. The summed E-state index contributed by atoms with van der Waals surface area (Å²) in [6.45, 7) is 3.54. The SMILES string of the molecule is NCCCCCCCCCNCc1ccc(CN)cc1. The van der Waals surface area contributed by atoms with Crippen molar-refractivity contribution < 1.29 is 0 Å². The summed E-state index contributed by atoms with van der Waals surface area (Å²) in [5.41, 5.74) is 13.6. The Kier molecular flexibility index (Phi) is 10.2. The number of nitrogens with one attached hydrogen (secondary N) is 1. The number of hydrogen-bond acceptors (Lipinski definition) is 3. The molecule has 0 aliphatic heterocycles. The van der Waals surface area contributed by atoms with Crippen molar-refractivity contribution in [1.29, 1.82) is 0 Å². The van der Waals surface area contributed by atoms with E-state index in [4.69, 9.17) is 11.5 Å². The maximum Gasteiger partial charge on any atom is 0.0205 e. The van der Waals surface area contributed by atoms with E-state index < -0.39 is 0 Å². The van der Waals surface area contributed by atoms with Gasteiger partial charge in [0.15, 0.2) is 0 Å². The summed E-state index contributed by atoms with van der Waals surface area (Å²) >= 11 is 0. The highest BCUT2D eigenvalue weighted by atomic mass is 14.8. The van der Waals surface area contributed by atoms with E-state index in [2.05, 4.69) is 29.6 Å². The van der Waals surface area contributed by atoms with E-state index in [1.807, 2.05) is 0 Å². The first-order chi connectivity index (χ1) is 9.86. The Balaban J connectivity index is 1.91. The van der Waals surface area contributed by atoms with E-state index in [-0.39, 0.29) is 0 Å². The molecule has 0 amide bonds. The topological polar surface area (TPSA) is 64.1 Å². The standard InChI is InChI=1S/C17H31N3/c18-12-6-4-2-1-3-5-7-13-20-15-17-10-8-16(14-19)9-11-17/h8-11,20H,1-7,12-15,18-19H2. The van der Waals surface area contributed by atoms with Crippen LogP contribution in [0.15, 0.2) is 24.3 Å². The number of hydrogen-bond donors (Lipinski definition) is 3. The van der Waals surface area contributed by atoms with Crippen LogP contribution in [0.4, 0.5) is 0 Å². The van der Waals surface area contributed by atoms with Crippen LogP contribution in [0, 0.1) is 0 Å². The molecule has 0 spiro atoms. The first-order valence-electron chi connectivity index (χ1n) is 8.05. The zero-order valence-electron chi connectivity index (χ0n) is 12.7. The Morgan fingerprint density at radius 3 is 1.85 bits per heavy atom. The summed E-state index contributed by atoms with van der Waals surface area (Å²) in [4.78, 5) is 0. The Labute approximate surface area is 124 Å². The number of nitrogens with two attached hydrogens (primary N) is 2. The Morgan fingerprint density at radius 2 is 1.25 bits per heavy atom. The summed E-state index contributed by atoms with van der Waals surface area (Å²) in [6.07, 6.45) is 9.16. The third-order valence-corrected chi connectivity index (χ3v) is 3.65. The van der Waals surface area contributed by atoms with Gasteiger partial charge >= 0.3 is 0 Å². The predicted molar refractivity (Wildman–Crippen MR) is 87.4 cm³/mol. The van der Waals surface area contributed by atoms with Gasteiger partial charge in [0.1, 0.15) is 0 Å². The van der Waals surface area contributed by atoms with Crippen LogP contribution >= 0.6 is 0 Å². The van der Waals surface area contributed by atoms with Gasteiger partial charge in [-0.15, -0.1) is 0 Å². The molecule has 5 N–H and O–H groups in total. The second kappa shape index (κ2) is 11.9. The molecule has 3 nitrogen and oxygen atoms in total. The number of rotatable bonds is 12. The van der Waals surface area contributed by atoms with E-state index >= 15 is 0 Å². The molecular formula is C17H31N3. The smallest absolute Gasteiger partial charge is 0.0205 e. The highest BCUT2D eigenvalue weighted by Gasteiger charge is 1.94. The van der Waals surface area contributed by atoms with E-state index in [1.54, 1.807) is 0 Å². The molecule has 114 valence electrons. The van der Waals surface area contributed by atoms with E-state index in [0.717, 1.165) is 19.6 Å². The second-order valence-electron chi connectivity index (χ2n) is 5.46. The maximum absolute atomic E-state index is 5.58. The molecule has 1 aromatic rings. The lowest BCUT2D eigenvalue weighted by Crippen LogP contribution is -2.14. The number of unbranched alkanes of at least 4 members (excludes halogenated alkanes) is 6. The van der Waals surface area contributed by atoms with Crippen molar-refractivity contribution in [2.24, 2.45) is 11.5 Å². The Hall–Kier alpha value is -0.900. The quantitative estimate of drug-likeness (QED) is 0.515. The monoisotopic (exact) mass is 277 g/mol. The zero-order valence-corrected chi connectivity index (χ0v) is 12.7. The maximum atomic E-state index is 5.58. The first-order valence-corrected chi connectivity index (χ1v) is 8.05. The van der Waals surface area contributed by atoms with E-state index in [9.17, 15) is 0 Å². The molecule has 1 aromatic carbocycles. The number of benzene rings is 1. The largest absolute Gasteiger partial charge is 0.330 e. The van der Waals surface area contributed by atoms with Crippen LogP contribution in [0.1, 0.15) is 56.1 Å². The molecule has 0 saturated heterocycles. The van der Waals surface area contributed by atoms with Crippen LogP contribution in [0.2, 0.25) is 0 Å². The molecule has 1 rings (SSSR count). The average molecular weight is 277 g/mol. The van der Waals surface area contributed by atoms with Crippen molar-refractivity contribution in [3.63, 3.8) is 0 Å². The fourth-order valence-corrected chi connectivity index (χ4v) is 2.30. The van der Waals surface area contributed by atoms with Gasteiger partial charge in [0, 0.05) is 13.1 Å². The van der Waals surface area contributed by atoms with Gasteiger partial charge in [0.2, 0.25) is 0 Å². The Morgan fingerprint density at radius 1 is 0.700 bits per heavy atom. The average Bonchev–Trinajstić information content (AvgIpc) is 2.50. The lowest BCUT2D eigenvalue weighted by atomic mass is 10.1. The van der Waals surface area contributed by atoms with Crippen molar-refractivity contribution in [1.82, 2.24) is 5.32 Å². The summed E-state index contributed by atoms with van der Waals surface area (Å²) in [6, 6.07) is 8.54. The zero-order chi connectivity index (χ0) is 14.5. The van der Waals surface area contributed by atoms with Crippen molar-refractivity contribution in [2.75, 3.05) is 13.1 Å². The first kappa shape index (κ1) is 17.2. The van der Waals surface area contributed by atoms with Crippen molar-refractivity contribution >= 4 is 0 Å². The molecule has 0 heterocycles. The van der Waals surface area contributed by atoms with Gasteiger partial charge in [-0.25, -0.2) is 0 Å². The van der Waals surface area contributed by atoms with Gasteiger partial charge in [-0.05, 0) is 37.1 Å². The normalized spacial score (nSPS) is 10.9. The highest BCUT2D eigenvalue weighted by Crippen LogP contribution is 2.07. The van der Waals surface area contributed by atoms with Crippen LogP contribution < -0.4 is 16.8 Å². The van der Waals surface area contributed by atoms with Gasteiger partial charge in [0.25, 0.3) is 0 Å². The molecule has 0 aliphatic carbocycles. The van der Waals surface area contributed by atoms with Gasteiger partial charge in [-0.2, -0.15) is 0 Å². The predicted octanol–water partition coefficient (Wildman–Crippen LogP) is 2.92. The molecule has 0 unspecified atom stereocenters. The summed E-state index contributed by atoms with van der Waals surface area (Å²) in [5.74, 6) is 0. The third kappa shape index (κ3) is 8.31. The van der Waals surface area contributed by atoms with Crippen molar-refractivity contribution in [2.45, 2.75) is 58.0 Å². The van der Waals surface area contributed by atoms with Gasteiger partial charge in [-0.1, -0.05) is 56.4 Å². The van der Waals surface area contributed by atoms with Crippen LogP contribution in [-0.2, 0) is 13.1 Å². The fourth-order valence-electron chi connectivity index (χ4n) is 2.30. The van der Waals surface area contributed by atoms with E-state index in [1.165, 1.54) is 56.1 Å². The van der Waals surface area contributed by atoms with Crippen LogP contribution in [0.3, 0.4) is 0 Å².